The van der Waals surface area contributed by atoms with Crippen LogP contribution in [0.3, 0.4) is 0 Å². The molecule has 1 N–H and O–H groups in total. The Morgan fingerprint density at radius 2 is 2.05 bits per heavy atom. The van der Waals surface area contributed by atoms with Crippen LogP contribution in [0.1, 0.15) is 33.1 Å². The molecular weight excluding hydrogens is 339 g/mol. The number of carbonyl (C=O) groups is 2. The van der Waals surface area contributed by atoms with Crippen LogP contribution in [0.25, 0.3) is 0 Å². The summed E-state index contributed by atoms with van der Waals surface area (Å²) in [6.45, 7) is 3.93. The number of anilines is 1. The van der Waals surface area contributed by atoms with E-state index in [1.54, 1.807) is 6.07 Å². The van der Waals surface area contributed by atoms with Crippen molar-refractivity contribution in [3.63, 3.8) is 0 Å². The molecule has 2 rings (SSSR count). The summed E-state index contributed by atoms with van der Waals surface area (Å²) in [6, 6.07) is 3.56. The molecule has 114 valence electrons. The van der Waals surface area contributed by atoms with Gasteiger partial charge in [0.05, 0.1) is 6.42 Å². The lowest BCUT2D eigenvalue weighted by Gasteiger charge is -2.24. The van der Waals surface area contributed by atoms with Crippen molar-refractivity contribution >= 4 is 33.4 Å². The third kappa shape index (κ3) is 3.26. The summed E-state index contributed by atoms with van der Waals surface area (Å²) in [6.07, 6.45) is 1.64. The summed E-state index contributed by atoms with van der Waals surface area (Å²) in [5.41, 5.74) is 0.606. The minimum Gasteiger partial charge on any atom is -0.372 e. The Bertz CT molecular complexity index is 561. The Labute approximate surface area is 131 Å². The van der Waals surface area contributed by atoms with Gasteiger partial charge in [-0.15, -0.1) is 0 Å². The van der Waals surface area contributed by atoms with E-state index in [4.69, 9.17) is 0 Å². The van der Waals surface area contributed by atoms with Crippen molar-refractivity contribution < 1.29 is 14.0 Å². The zero-order valence-corrected chi connectivity index (χ0v) is 13.6. The van der Waals surface area contributed by atoms with Crippen molar-refractivity contribution in [3.8, 4) is 0 Å². The number of nitrogens with one attached hydrogen (secondary N) is 1. The molecule has 0 saturated carbocycles. The highest BCUT2D eigenvalue weighted by Gasteiger charge is 2.41. The molecular formula is C15H18BrFN2O2. The van der Waals surface area contributed by atoms with Gasteiger partial charge in [0.25, 0.3) is 5.91 Å². The van der Waals surface area contributed by atoms with Crippen molar-refractivity contribution in [1.29, 1.82) is 0 Å². The highest BCUT2D eigenvalue weighted by Crippen LogP contribution is 2.27. The lowest BCUT2D eigenvalue weighted by Crippen LogP contribution is -2.41. The number of hydrogen-bond donors (Lipinski definition) is 1. The molecule has 1 saturated heterocycles. The maximum absolute atomic E-state index is 13.1. The zero-order chi connectivity index (χ0) is 15.6. The molecule has 1 aromatic carbocycles. The van der Waals surface area contributed by atoms with Gasteiger partial charge in [0.15, 0.2) is 0 Å². The lowest BCUT2D eigenvalue weighted by atomic mass is 10.1. The number of halogens is 2. The summed E-state index contributed by atoms with van der Waals surface area (Å²) in [4.78, 5) is 25.9. The third-order valence-corrected chi connectivity index (χ3v) is 4.41. The molecule has 1 aliphatic heterocycles. The van der Waals surface area contributed by atoms with Crippen LogP contribution in [0.15, 0.2) is 22.7 Å². The van der Waals surface area contributed by atoms with Crippen LogP contribution in [-0.2, 0) is 9.59 Å². The number of benzene rings is 1. The van der Waals surface area contributed by atoms with Gasteiger partial charge in [0.2, 0.25) is 5.91 Å². The van der Waals surface area contributed by atoms with Crippen molar-refractivity contribution in [2.45, 2.75) is 45.2 Å². The highest BCUT2D eigenvalue weighted by atomic mass is 79.9. The Kier molecular flexibility index (Phi) is 4.98. The van der Waals surface area contributed by atoms with Crippen molar-refractivity contribution in [3.05, 3.63) is 28.5 Å². The Morgan fingerprint density at radius 3 is 2.62 bits per heavy atom. The van der Waals surface area contributed by atoms with E-state index in [1.807, 2.05) is 13.8 Å². The van der Waals surface area contributed by atoms with E-state index in [-0.39, 0.29) is 30.1 Å². The zero-order valence-electron chi connectivity index (χ0n) is 12.0. The first-order valence-corrected chi connectivity index (χ1v) is 7.84. The average Bonchev–Trinajstić information content (AvgIpc) is 2.71. The van der Waals surface area contributed by atoms with Crippen LogP contribution in [0.5, 0.6) is 0 Å². The monoisotopic (exact) mass is 356 g/mol. The first-order valence-electron chi connectivity index (χ1n) is 7.05. The summed E-state index contributed by atoms with van der Waals surface area (Å²) >= 11 is 3.25. The number of amides is 2. The molecule has 1 unspecified atom stereocenters. The Hall–Kier alpha value is -1.43. The van der Waals surface area contributed by atoms with Crippen molar-refractivity contribution in [1.82, 2.24) is 4.90 Å². The molecule has 1 fully saturated rings. The maximum Gasteiger partial charge on any atom is 0.252 e. The molecule has 21 heavy (non-hydrogen) atoms. The average molecular weight is 357 g/mol. The van der Waals surface area contributed by atoms with Crippen LogP contribution in [0.4, 0.5) is 10.1 Å². The summed E-state index contributed by atoms with van der Waals surface area (Å²) in [5.74, 6) is -0.714. The van der Waals surface area contributed by atoms with Crippen LogP contribution in [-0.4, -0.2) is 28.8 Å². The molecule has 1 atom stereocenters. The summed E-state index contributed by atoms with van der Waals surface area (Å²) in [7, 11) is 0. The highest BCUT2D eigenvalue weighted by molar-refractivity contribution is 9.10. The number of likely N-dealkylation sites (tertiary alicyclic amines) is 1. The fraction of sp³-hybridized carbons (Fsp3) is 0.467. The Balaban J connectivity index is 2.15. The normalized spacial score (nSPS) is 18.7. The van der Waals surface area contributed by atoms with Crippen LogP contribution in [0, 0.1) is 5.82 Å². The molecule has 0 aromatic heterocycles. The first-order chi connectivity index (χ1) is 9.97. The fourth-order valence-electron chi connectivity index (χ4n) is 2.60. The van der Waals surface area contributed by atoms with Gasteiger partial charge in [-0.2, -0.15) is 0 Å². The van der Waals surface area contributed by atoms with Gasteiger partial charge < -0.3 is 5.32 Å². The summed E-state index contributed by atoms with van der Waals surface area (Å²) < 4.78 is 13.6. The SMILES string of the molecule is CCC(CC)N1C(=O)CC(Nc2ccc(F)cc2Br)C1=O. The third-order valence-electron chi connectivity index (χ3n) is 3.75. The topological polar surface area (TPSA) is 49.4 Å². The maximum atomic E-state index is 13.1. The van der Waals surface area contributed by atoms with E-state index in [0.29, 0.717) is 10.2 Å². The van der Waals surface area contributed by atoms with Gasteiger partial charge in [-0.05, 0) is 47.0 Å². The smallest absolute Gasteiger partial charge is 0.252 e. The lowest BCUT2D eigenvalue weighted by molar-refractivity contribution is -0.141. The number of imide groups is 1. The minimum atomic E-state index is -0.583. The largest absolute Gasteiger partial charge is 0.372 e. The molecule has 0 radical (unpaired) electrons. The second-order valence-electron chi connectivity index (χ2n) is 5.10. The molecule has 6 heteroatoms. The molecule has 1 aliphatic rings. The van der Waals surface area contributed by atoms with E-state index in [0.717, 1.165) is 12.8 Å². The van der Waals surface area contributed by atoms with Crippen molar-refractivity contribution in [2.24, 2.45) is 0 Å². The van der Waals surface area contributed by atoms with E-state index < -0.39 is 6.04 Å². The van der Waals surface area contributed by atoms with E-state index >= 15 is 0 Å². The number of carbonyl (C=O) groups excluding carboxylic acids is 2. The van der Waals surface area contributed by atoms with Gasteiger partial charge >= 0.3 is 0 Å². The van der Waals surface area contributed by atoms with Gasteiger partial charge in [-0.25, -0.2) is 4.39 Å². The van der Waals surface area contributed by atoms with Crippen molar-refractivity contribution in [2.75, 3.05) is 5.32 Å². The molecule has 4 nitrogen and oxygen atoms in total. The van der Waals surface area contributed by atoms with Crippen LogP contribution >= 0.6 is 15.9 Å². The minimum absolute atomic E-state index is 0.0477. The molecule has 2 amide bonds. The summed E-state index contributed by atoms with van der Waals surface area (Å²) in [5, 5.41) is 3.02. The molecule has 1 aromatic rings. The fourth-order valence-corrected chi connectivity index (χ4v) is 3.06. The van der Waals surface area contributed by atoms with Gasteiger partial charge in [-0.3, -0.25) is 14.5 Å². The van der Waals surface area contributed by atoms with E-state index in [1.165, 1.54) is 17.0 Å². The van der Waals surface area contributed by atoms with Gasteiger partial charge in [0.1, 0.15) is 11.9 Å². The van der Waals surface area contributed by atoms with E-state index in [2.05, 4.69) is 21.2 Å². The number of rotatable bonds is 5. The first kappa shape index (κ1) is 15.9. The predicted molar refractivity (Wildman–Crippen MR) is 82.4 cm³/mol. The van der Waals surface area contributed by atoms with E-state index in [9.17, 15) is 14.0 Å². The van der Waals surface area contributed by atoms with Gasteiger partial charge in [0, 0.05) is 16.2 Å². The predicted octanol–water partition coefficient (Wildman–Crippen LogP) is 3.32. The quantitative estimate of drug-likeness (QED) is 0.823. The molecule has 0 aliphatic carbocycles. The Morgan fingerprint density at radius 1 is 1.38 bits per heavy atom. The second-order valence-corrected chi connectivity index (χ2v) is 5.95. The number of hydrogen-bond acceptors (Lipinski definition) is 3. The van der Waals surface area contributed by atoms with Crippen LogP contribution in [0.2, 0.25) is 0 Å². The van der Waals surface area contributed by atoms with Gasteiger partial charge in [-0.1, -0.05) is 13.8 Å². The number of nitrogens with zero attached hydrogens (tertiary/aromatic N) is 1. The van der Waals surface area contributed by atoms with Crippen LogP contribution < -0.4 is 5.32 Å². The standard InChI is InChI=1S/C15H18BrFN2O2/c1-3-10(4-2)19-14(20)8-13(15(19)21)18-12-6-5-9(17)7-11(12)16/h5-7,10,13,18H,3-4,8H2,1-2H3. The molecule has 0 bridgehead atoms. The molecule has 0 spiro atoms. The molecule has 1 heterocycles. The second kappa shape index (κ2) is 6.56.